The smallest absolute Gasteiger partial charge is 0.307 e. The molecule has 0 atom stereocenters. The fraction of sp³-hybridized carbons (Fsp3) is 0.615. The topological polar surface area (TPSA) is 63.3 Å². The Morgan fingerprint density at radius 2 is 1.88 bits per heavy atom. The molecule has 1 aliphatic rings. The number of aliphatic carboxylic acids is 1. The number of rotatable bonds is 2. The summed E-state index contributed by atoms with van der Waals surface area (Å²) in [5.74, 6) is -0.752. The van der Waals surface area contributed by atoms with E-state index < -0.39 is 5.97 Å². The molecule has 0 unspecified atom stereocenters. The summed E-state index contributed by atoms with van der Waals surface area (Å²) in [5, 5.41) is 8.39. The molecule has 0 radical (unpaired) electrons. The van der Waals surface area contributed by atoms with Gasteiger partial charge in [-0.3, -0.25) is 4.79 Å². The highest BCUT2D eigenvalue weighted by molar-refractivity contribution is 5.71. The summed E-state index contributed by atoms with van der Waals surface area (Å²) in [5.41, 5.74) is 5.78. The number of carbonyl (C=O) groups is 1. The molecule has 94 valence electrons. The van der Waals surface area contributed by atoms with Gasteiger partial charge < -0.3 is 10.8 Å². The molecule has 0 bridgehead atoms. The monoisotopic (exact) mass is 227 g/mol. The van der Waals surface area contributed by atoms with E-state index in [1.54, 1.807) is 0 Å². The molecule has 0 saturated heterocycles. The molecular formula is C13H25NO2. The van der Waals surface area contributed by atoms with Crippen LogP contribution in [0.15, 0.2) is 23.8 Å². The molecule has 1 rings (SSSR count). The largest absolute Gasteiger partial charge is 0.481 e. The first kappa shape index (κ1) is 17.3. The van der Waals surface area contributed by atoms with Crippen molar-refractivity contribution < 1.29 is 9.90 Å². The van der Waals surface area contributed by atoms with E-state index in [-0.39, 0.29) is 6.42 Å². The van der Waals surface area contributed by atoms with E-state index in [0.717, 1.165) is 25.0 Å². The van der Waals surface area contributed by atoms with E-state index >= 15 is 0 Å². The maximum atomic E-state index is 10.2. The van der Waals surface area contributed by atoms with Gasteiger partial charge in [0.05, 0.1) is 6.42 Å². The zero-order valence-electron chi connectivity index (χ0n) is 10.7. The Hall–Kier alpha value is -1.09. The molecule has 0 fully saturated rings. The molecule has 0 heterocycles. The molecule has 0 spiro atoms. The Labute approximate surface area is 99.0 Å². The van der Waals surface area contributed by atoms with Gasteiger partial charge in [0.2, 0.25) is 0 Å². The highest BCUT2D eigenvalue weighted by Gasteiger charge is 2.01. The van der Waals surface area contributed by atoms with E-state index in [1.165, 1.54) is 6.42 Å². The Morgan fingerprint density at radius 3 is 2.19 bits per heavy atom. The van der Waals surface area contributed by atoms with Gasteiger partial charge in [-0.2, -0.15) is 0 Å². The van der Waals surface area contributed by atoms with Gasteiger partial charge in [0, 0.05) is 0 Å². The summed E-state index contributed by atoms with van der Waals surface area (Å²) in [4.78, 5) is 10.2. The van der Waals surface area contributed by atoms with Gasteiger partial charge in [0.1, 0.15) is 0 Å². The van der Waals surface area contributed by atoms with Gasteiger partial charge in [0.15, 0.2) is 0 Å². The van der Waals surface area contributed by atoms with Crippen LogP contribution in [0.3, 0.4) is 0 Å². The van der Waals surface area contributed by atoms with Crippen LogP contribution in [0, 0.1) is 0 Å². The van der Waals surface area contributed by atoms with Crippen molar-refractivity contribution in [2.24, 2.45) is 5.73 Å². The SMILES string of the molecule is CCC.CCN.O=C(O)CC1=CCCC=C1. The van der Waals surface area contributed by atoms with Gasteiger partial charge in [-0.25, -0.2) is 0 Å². The van der Waals surface area contributed by atoms with Crippen LogP contribution >= 0.6 is 0 Å². The van der Waals surface area contributed by atoms with Crippen LogP contribution in [-0.2, 0) is 4.79 Å². The minimum absolute atomic E-state index is 0.163. The first-order valence-corrected chi connectivity index (χ1v) is 5.89. The van der Waals surface area contributed by atoms with E-state index in [9.17, 15) is 4.79 Å². The summed E-state index contributed by atoms with van der Waals surface area (Å²) in [7, 11) is 0. The minimum atomic E-state index is -0.752. The lowest BCUT2D eigenvalue weighted by molar-refractivity contribution is -0.136. The van der Waals surface area contributed by atoms with Crippen molar-refractivity contribution in [2.75, 3.05) is 6.54 Å². The first-order valence-electron chi connectivity index (χ1n) is 5.89. The predicted octanol–water partition coefficient (Wildman–Crippen LogP) is 3.12. The Bertz CT molecular complexity index is 218. The van der Waals surface area contributed by atoms with Crippen LogP contribution in [-0.4, -0.2) is 17.6 Å². The maximum absolute atomic E-state index is 10.2. The van der Waals surface area contributed by atoms with Gasteiger partial charge in [0.25, 0.3) is 0 Å². The Morgan fingerprint density at radius 1 is 1.38 bits per heavy atom. The summed E-state index contributed by atoms with van der Waals surface area (Å²) in [6, 6.07) is 0. The van der Waals surface area contributed by atoms with Crippen molar-refractivity contribution in [3.05, 3.63) is 23.8 Å². The summed E-state index contributed by atoms with van der Waals surface area (Å²) in [6.07, 6.45) is 9.32. The zero-order chi connectivity index (χ0) is 12.8. The summed E-state index contributed by atoms with van der Waals surface area (Å²) >= 11 is 0. The van der Waals surface area contributed by atoms with Crippen LogP contribution in [0.4, 0.5) is 0 Å². The van der Waals surface area contributed by atoms with E-state index in [1.807, 2.05) is 25.2 Å². The van der Waals surface area contributed by atoms with Crippen LogP contribution in [0.2, 0.25) is 0 Å². The number of hydrogen-bond acceptors (Lipinski definition) is 2. The highest BCUT2D eigenvalue weighted by atomic mass is 16.4. The van der Waals surface area contributed by atoms with E-state index in [2.05, 4.69) is 13.8 Å². The highest BCUT2D eigenvalue weighted by Crippen LogP contribution is 2.12. The molecule has 3 heteroatoms. The number of nitrogens with two attached hydrogens (primary N) is 1. The van der Waals surface area contributed by atoms with Crippen molar-refractivity contribution in [3.63, 3.8) is 0 Å². The fourth-order valence-electron chi connectivity index (χ4n) is 0.973. The van der Waals surface area contributed by atoms with E-state index in [0.29, 0.717) is 0 Å². The number of hydrogen-bond donors (Lipinski definition) is 2. The first-order chi connectivity index (χ1) is 7.62. The lowest BCUT2D eigenvalue weighted by Gasteiger charge is -2.02. The number of allylic oxidation sites excluding steroid dienone is 3. The lowest BCUT2D eigenvalue weighted by atomic mass is 10.0. The maximum Gasteiger partial charge on any atom is 0.307 e. The minimum Gasteiger partial charge on any atom is -0.481 e. The number of carboxylic acid groups (broad SMARTS) is 1. The summed E-state index contributed by atoms with van der Waals surface area (Å²) < 4.78 is 0. The van der Waals surface area contributed by atoms with Crippen molar-refractivity contribution in [3.8, 4) is 0 Å². The average molecular weight is 227 g/mol. The molecule has 3 nitrogen and oxygen atoms in total. The van der Waals surface area contributed by atoms with Gasteiger partial charge >= 0.3 is 5.97 Å². The lowest BCUT2D eigenvalue weighted by Crippen LogP contribution is -1.96. The normalized spacial score (nSPS) is 12.6. The Kier molecular flexibility index (Phi) is 15.0. The molecule has 0 aromatic rings. The van der Waals surface area contributed by atoms with Crippen LogP contribution < -0.4 is 5.73 Å². The standard InChI is InChI=1S/C8H10O2.C3H8.C2H7N/c9-8(10)6-7-4-2-1-3-5-7;1-3-2;1-2-3/h2,4-5H,1,3,6H2,(H,9,10);3H2,1-2H3;2-3H2,1H3. The second kappa shape index (κ2) is 13.9. The second-order valence-electron chi connectivity index (χ2n) is 3.44. The molecular weight excluding hydrogens is 202 g/mol. The molecule has 0 saturated carbocycles. The third-order valence-corrected chi connectivity index (χ3v) is 1.43. The fourth-order valence-corrected chi connectivity index (χ4v) is 0.973. The molecule has 3 N–H and O–H groups in total. The van der Waals surface area contributed by atoms with Gasteiger partial charge in [-0.15, -0.1) is 0 Å². The van der Waals surface area contributed by atoms with Crippen LogP contribution in [0.1, 0.15) is 46.5 Å². The molecule has 1 aliphatic carbocycles. The third-order valence-electron chi connectivity index (χ3n) is 1.43. The Balaban J connectivity index is 0. The average Bonchev–Trinajstić information content (AvgIpc) is 2.20. The second-order valence-corrected chi connectivity index (χ2v) is 3.44. The molecule has 0 amide bonds. The van der Waals surface area contributed by atoms with E-state index in [4.69, 9.17) is 10.8 Å². The third kappa shape index (κ3) is 15.4. The van der Waals surface area contributed by atoms with Crippen LogP contribution in [0.25, 0.3) is 0 Å². The van der Waals surface area contributed by atoms with Gasteiger partial charge in [-0.1, -0.05) is 45.4 Å². The van der Waals surface area contributed by atoms with Gasteiger partial charge in [-0.05, 0) is 25.0 Å². The predicted molar refractivity (Wildman–Crippen MR) is 69.4 cm³/mol. The quantitative estimate of drug-likeness (QED) is 0.761. The van der Waals surface area contributed by atoms with Crippen LogP contribution in [0.5, 0.6) is 0 Å². The molecule has 0 aromatic heterocycles. The van der Waals surface area contributed by atoms with Crippen molar-refractivity contribution >= 4 is 5.97 Å². The zero-order valence-corrected chi connectivity index (χ0v) is 10.7. The van der Waals surface area contributed by atoms with Crippen molar-refractivity contribution in [1.29, 1.82) is 0 Å². The molecule has 0 aliphatic heterocycles. The summed E-state index contributed by atoms with van der Waals surface area (Å²) in [6.45, 7) is 6.90. The van der Waals surface area contributed by atoms with Crippen molar-refractivity contribution in [2.45, 2.75) is 46.5 Å². The molecule has 0 aromatic carbocycles. The van der Waals surface area contributed by atoms with Crippen molar-refractivity contribution in [1.82, 2.24) is 0 Å². The molecule has 16 heavy (non-hydrogen) atoms. The number of carboxylic acids is 1.